The van der Waals surface area contributed by atoms with Crippen LogP contribution in [-0.4, -0.2) is 19.0 Å². The van der Waals surface area contributed by atoms with Crippen LogP contribution >= 0.6 is 0 Å². The second-order valence-electron chi connectivity index (χ2n) is 5.71. The van der Waals surface area contributed by atoms with Gasteiger partial charge in [0.25, 0.3) is 0 Å². The molecule has 1 heterocycles. The lowest BCUT2D eigenvalue weighted by Gasteiger charge is -2.30. The van der Waals surface area contributed by atoms with Gasteiger partial charge in [-0.3, -0.25) is 4.79 Å². The number of amides is 1. The van der Waals surface area contributed by atoms with Crippen LogP contribution in [0.1, 0.15) is 46.0 Å². The molecule has 1 N–H and O–H groups in total. The number of rotatable bonds is 5. The molecule has 0 unspecified atom stereocenters. The number of hydrogen-bond acceptors (Lipinski definition) is 2. The summed E-state index contributed by atoms with van der Waals surface area (Å²) < 4.78 is 13.6. The summed E-state index contributed by atoms with van der Waals surface area (Å²) in [5, 5.41) is 2.93. The van der Waals surface area contributed by atoms with Gasteiger partial charge < -0.3 is 10.2 Å². The van der Waals surface area contributed by atoms with E-state index in [2.05, 4.69) is 10.2 Å². The summed E-state index contributed by atoms with van der Waals surface area (Å²) in [6.07, 6.45) is 5.15. The van der Waals surface area contributed by atoms with Gasteiger partial charge in [0.15, 0.2) is 0 Å². The molecule has 0 spiro atoms. The van der Waals surface area contributed by atoms with Crippen molar-refractivity contribution < 1.29 is 9.18 Å². The number of piperidine rings is 1. The van der Waals surface area contributed by atoms with E-state index in [1.807, 2.05) is 13.8 Å². The van der Waals surface area contributed by atoms with E-state index >= 15 is 0 Å². The van der Waals surface area contributed by atoms with Gasteiger partial charge in [0.1, 0.15) is 5.82 Å². The summed E-state index contributed by atoms with van der Waals surface area (Å²) in [4.78, 5) is 14.5. The van der Waals surface area contributed by atoms with E-state index in [1.165, 1.54) is 18.6 Å². The number of nitrogens with zero attached hydrogens (tertiary/aromatic N) is 1. The topological polar surface area (TPSA) is 32.3 Å². The van der Waals surface area contributed by atoms with E-state index in [-0.39, 0.29) is 17.6 Å². The van der Waals surface area contributed by atoms with Crippen molar-refractivity contribution in [2.75, 3.05) is 23.3 Å². The molecule has 1 aliphatic heterocycles. The maximum atomic E-state index is 13.6. The van der Waals surface area contributed by atoms with Crippen LogP contribution < -0.4 is 10.2 Å². The zero-order chi connectivity index (χ0) is 15.2. The summed E-state index contributed by atoms with van der Waals surface area (Å²) in [7, 11) is 0. The van der Waals surface area contributed by atoms with Crippen molar-refractivity contribution >= 4 is 17.3 Å². The zero-order valence-electron chi connectivity index (χ0n) is 13.0. The van der Waals surface area contributed by atoms with E-state index in [1.54, 1.807) is 6.07 Å². The van der Waals surface area contributed by atoms with E-state index in [0.29, 0.717) is 5.69 Å². The summed E-state index contributed by atoms with van der Waals surface area (Å²) in [6, 6.07) is 4.68. The van der Waals surface area contributed by atoms with Crippen molar-refractivity contribution in [2.45, 2.75) is 46.0 Å². The number of carbonyl (C=O) groups excluding carboxylic acids is 1. The Morgan fingerprint density at radius 1 is 1.24 bits per heavy atom. The molecule has 4 heteroatoms. The van der Waals surface area contributed by atoms with Gasteiger partial charge in [-0.05, 0) is 50.3 Å². The van der Waals surface area contributed by atoms with Crippen LogP contribution in [0.25, 0.3) is 0 Å². The minimum atomic E-state index is -0.310. The monoisotopic (exact) mass is 292 g/mol. The fourth-order valence-electron chi connectivity index (χ4n) is 2.91. The molecule has 0 aromatic heterocycles. The number of halogens is 1. The lowest BCUT2D eigenvalue weighted by Crippen LogP contribution is -2.31. The molecule has 1 aromatic rings. The highest BCUT2D eigenvalue weighted by atomic mass is 19.1. The summed E-state index contributed by atoms with van der Waals surface area (Å²) >= 11 is 0. The normalized spacial score (nSPS) is 15.3. The van der Waals surface area contributed by atoms with E-state index in [9.17, 15) is 9.18 Å². The Kier molecular flexibility index (Phi) is 5.59. The van der Waals surface area contributed by atoms with Gasteiger partial charge in [0.2, 0.25) is 5.91 Å². The van der Waals surface area contributed by atoms with Gasteiger partial charge >= 0.3 is 0 Å². The average molecular weight is 292 g/mol. The van der Waals surface area contributed by atoms with Crippen LogP contribution in [0.5, 0.6) is 0 Å². The summed E-state index contributed by atoms with van der Waals surface area (Å²) in [5.41, 5.74) is 1.55. The maximum Gasteiger partial charge on any atom is 0.227 e. The molecule has 0 atom stereocenters. The van der Waals surface area contributed by atoms with Crippen molar-refractivity contribution in [3.8, 4) is 0 Å². The van der Waals surface area contributed by atoms with Crippen molar-refractivity contribution in [2.24, 2.45) is 5.92 Å². The molecule has 2 rings (SSSR count). The standard InChI is InChI=1S/C17H25FN2O/c1-3-13(4-2)17(21)19-15-12-14(18)8-9-16(15)20-10-6-5-7-11-20/h8-9,12-13H,3-7,10-11H2,1-2H3,(H,19,21). The van der Waals surface area contributed by atoms with Crippen LogP contribution in [0.2, 0.25) is 0 Å². The molecule has 116 valence electrons. The van der Waals surface area contributed by atoms with Crippen molar-refractivity contribution in [3.05, 3.63) is 24.0 Å². The second kappa shape index (κ2) is 7.43. The van der Waals surface area contributed by atoms with Crippen molar-refractivity contribution in [1.82, 2.24) is 0 Å². The molecule has 1 fully saturated rings. The molecule has 3 nitrogen and oxygen atoms in total. The minimum Gasteiger partial charge on any atom is -0.370 e. The number of hydrogen-bond donors (Lipinski definition) is 1. The molecular formula is C17H25FN2O. The predicted molar refractivity (Wildman–Crippen MR) is 85.2 cm³/mol. The van der Waals surface area contributed by atoms with E-state index in [4.69, 9.17) is 0 Å². The van der Waals surface area contributed by atoms with E-state index in [0.717, 1.165) is 44.5 Å². The number of carbonyl (C=O) groups is 1. The zero-order valence-corrected chi connectivity index (χ0v) is 13.0. The van der Waals surface area contributed by atoms with Gasteiger partial charge in [-0.25, -0.2) is 4.39 Å². The third kappa shape index (κ3) is 3.96. The number of nitrogens with one attached hydrogen (secondary N) is 1. The first-order chi connectivity index (χ1) is 10.2. The minimum absolute atomic E-state index is 0.0103. The first kappa shape index (κ1) is 15.8. The van der Waals surface area contributed by atoms with Crippen LogP contribution in [0, 0.1) is 11.7 Å². The molecule has 21 heavy (non-hydrogen) atoms. The quantitative estimate of drug-likeness (QED) is 0.882. The fraction of sp³-hybridized carbons (Fsp3) is 0.588. The molecule has 0 aliphatic carbocycles. The summed E-state index contributed by atoms with van der Waals surface area (Å²) in [5.74, 6) is -0.332. The number of benzene rings is 1. The van der Waals surface area contributed by atoms with Gasteiger partial charge in [0, 0.05) is 19.0 Å². The lowest BCUT2D eigenvalue weighted by molar-refractivity contribution is -0.120. The molecular weight excluding hydrogens is 267 g/mol. The Bertz CT molecular complexity index is 480. The van der Waals surface area contributed by atoms with Crippen LogP contribution in [0.4, 0.5) is 15.8 Å². The molecule has 1 aliphatic rings. The van der Waals surface area contributed by atoms with Gasteiger partial charge in [-0.2, -0.15) is 0 Å². The van der Waals surface area contributed by atoms with Gasteiger partial charge in [-0.15, -0.1) is 0 Å². The van der Waals surface area contributed by atoms with Gasteiger partial charge in [-0.1, -0.05) is 13.8 Å². The lowest BCUT2D eigenvalue weighted by atomic mass is 10.0. The van der Waals surface area contributed by atoms with Crippen LogP contribution in [0.3, 0.4) is 0 Å². The predicted octanol–water partition coefficient (Wildman–Crippen LogP) is 4.19. The first-order valence-corrected chi connectivity index (χ1v) is 8.01. The fourth-order valence-corrected chi connectivity index (χ4v) is 2.91. The molecule has 1 saturated heterocycles. The Hall–Kier alpha value is -1.58. The van der Waals surface area contributed by atoms with Gasteiger partial charge in [0.05, 0.1) is 11.4 Å². The Balaban J connectivity index is 2.20. The van der Waals surface area contributed by atoms with Crippen molar-refractivity contribution in [3.63, 3.8) is 0 Å². The SMILES string of the molecule is CCC(CC)C(=O)Nc1cc(F)ccc1N1CCCCC1. The number of anilines is 2. The largest absolute Gasteiger partial charge is 0.370 e. The van der Waals surface area contributed by atoms with Crippen molar-refractivity contribution in [1.29, 1.82) is 0 Å². The molecule has 1 aromatic carbocycles. The summed E-state index contributed by atoms with van der Waals surface area (Å²) in [6.45, 7) is 5.95. The molecule has 0 saturated carbocycles. The van der Waals surface area contributed by atoms with E-state index < -0.39 is 0 Å². The average Bonchev–Trinajstić information content (AvgIpc) is 2.49. The highest BCUT2D eigenvalue weighted by Gasteiger charge is 2.19. The second-order valence-corrected chi connectivity index (χ2v) is 5.71. The maximum absolute atomic E-state index is 13.6. The Labute approximate surface area is 126 Å². The Morgan fingerprint density at radius 2 is 1.90 bits per heavy atom. The first-order valence-electron chi connectivity index (χ1n) is 8.01. The molecule has 1 amide bonds. The van der Waals surface area contributed by atoms with Crippen LogP contribution in [-0.2, 0) is 4.79 Å². The third-order valence-corrected chi connectivity index (χ3v) is 4.27. The molecule has 0 radical (unpaired) electrons. The van der Waals surface area contributed by atoms with Crippen LogP contribution in [0.15, 0.2) is 18.2 Å². The highest BCUT2D eigenvalue weighted by Crippen LogP contribution is 2.30. The third-order valence-electron chi connectivity index (χ3n) is 4.27. The highest BCUT2D eigenvalue weighted by molar-refractivity contribution is 5.95. The molecule has 0 bridgehead atoms. The Morgan fingerprint density at radius 3 is 2.52 bits per heavy atom. The smallest absolute Gasteiger partial charge is 0.227 e.